The second kappa shape index (κ2) is 13.9. The van der Waals surface area contributed by atoms with Crippen molar-refractivity contribution < 1.29 is 23.9 Å². The van der Waals surface area contributed by atoms with Crippen molar-refractivity contribution in [2.45, 2.75) is 97.4 Å². The third kappa shape index (κ3) is 9.34. The molecule has 1 aromatic carbocycles. The topological polar surface area (TPSA) is 114 Å². The molecule has 1 aromatic rings. The summed E-state index contributed by atoms with van der Waals surface area (Å²) in [6.07, 6.45) is 2.97. The third-order valence-electron chi connectivity index (χ3n) is 6.37. The number of unbranched alkanes of at least 4 members (excludes halogenated alkanes) is 1. The van der Waals surface area contributed by atoms with Gasteiger partial charge in [0.05, 0.1) is 6.42 Å². The number of ether oxygens (including phenoxy) is 1. The highest BCUT2D eigenvalue weighted by molar-refractivity contribution is 5.94. The van der Waals surface area contributed by atoms with Crippen LogP contribution in [0.2, 0.25) is 0 Å². The first-order valence-corrected chi connectivity index (χ1v) is 12.7. The summed E-state index contributed by atoms with van der Waals surface area (Å²) >= 11 is 0. The van der Waals surface area contributed by atoms with Gasteiger partial charge < -0.3 is 20.7 Å². The second-order valence-electron chi connectivity index (χ2n) is 10.0. The van der Waals surface area contributed by atoms with Gasteiger partial charge in [-0.2, -0.15) is 0 Å². The lowest BCUT2D eigenvalue weighted by Gasteiger charge is -2.26. The molecule has 0 radical (unpaired) electrons. The van der Waals surface area contributed by atoms with E-state index in [0.29, 0.717) is 6.42 Å². The average Bonchev–Trinajstić information content (AvgIpc) is 2.81. The Morgan fingerprint density at radius 2 is 1.63 bits per heavy atom. The molecular weight excluding hydrogens is 446 g/mol. The Bertz CT molecular complexity index is 858. The van der Waals surface area contributed by atoms with Crippen LogP contribution in [0.25, 0.3) is 0 Å². The Labute approximate surface area is 208 Å². The van der Waals surface area contributed by atoms with E-state index in [1.54, 1.807) is 6.92 Å². The normalized spacial score (nSPS) is 25.3. The summed E-state index contributed by atoms with van der Waals surface area (Å²) in [4.78, 5) is 52.0. The van der Waals surface area contributed by atoms with E-state index in [1.165, 1.54) is 0 Å². The predicted octanol–water partition coefficient (Wildman–Crippen LogP) is 2.89. The Morgan fingerprint density at radius 3 is 2.26 bits per heavy atom. The lowest BCUT2D eigenvalue weighted by Crippen LogP contribution is -2.55. The molecule has 2 rings (SSSR count). The Kier molecular flexibility index (Phi) is 11.2. The van der Waals surface area contributed by atoms with Crippen molar-refractivity contribution in [3.8, 4) is 0 Å². The highest BCUT2D eigenvalue weighted by Crippen LogP contribution is 2.18. The zero-order valence-electron chi connectivity index (χ0n) is 21.6. The van der Waals surface area contributed by atoms with Crippen LogP contribution in [-0.4, -0.2) is 47.9 Å². The molecule has 8 nitrogen and oxygen atoms in total. The first-order valence-electron chi connectivity index (χ1n) is 12.7. The molecule has 35 heavy (non-hydrogen) atoms. The molecule has 1 fully saturated rings. The van der Waals surface area contributed by atoms with Gasteiger partial charge in [-0.25, -0.2) is 4.79 Å². The molecule has 1 aliphatic heterocycles. The predicted molar refractivity (Wildman–Crippen MR) is 134 cm³/mol. The molecule has 8 heteroatoms. The standard InChI is InChI=1S/C27H41N3O5/c1-6-7-11-18(4)14-22-27(34)35-23(17(2)3)16-24(31)29-21(15-20-12-9-8-10-13-20)26(33)28-19(5)25(32)30-22/h8-10,12-13,17-19,21-23H,6-7,11,14-16H2,1-5H3,(H,28,33)(H,29,31)(H,30,32)/t18-,19+,21+,22+,23-/m0/s1. The van der Waals surface area contributed by atoms with Gasteiger partial charge in [-0.15, -0.1) is 0 Å². The van der Waals surface area contributed by atoms with Crippen molar-refractivity contribution in [2.75, 3.05) is 0 Å². The van der Waals surface area contributed by atoms with Crippen LogP contribution in [-0.2, 0) is 30.3 Å². The van der Waals surface area contributed by atoms with Gasteiger partial charge in [-0.3, -0.25) is 14.4 Å². The average molecular weight is 488 g/mol. The van der Waals surface area contributed by atoms with Gasteiger partial charge in [0.2, 0.25) is 17.7 Å². The zero-order valence-corrected chi connectivity index (χ0v) is 21.6. The van der Waals surface area contributed by atoms with Crippen LogP contribution in [0, 0.1) is 11.8 Å². The minimum absolute atomic E-state index is 0.0659. The van der Waals surface area contributed by atoms with Crippen LogP contribution in [0.1, 0.15) is 72.3 Å². The van der Waals surface area contributed by atoms with Crippen LogP contribution in [0.4, 0.5) is 0 Å². The van der Waals surface area contributed by atoms with E-state index in [2.05, 4.69) is 22.9 Å². The summed E-state index contributed by atoms with van der Waals surface area (Å²) in [6, 6.07) is 6.75. The number of rotatable bonds is 8. The first kappa shape index (κ1) is 28.3. The fourth-order valence-corrected chi connectivity index (χ4v) is 4.10. The maximum atomic E-state index is 13.1. The quantitative estimate of drug-likeness (QED) is 0.488. The molecule has 0 spiro atoms. The van der Waals surface area contributed by atoms with Crippen LogP contribution in [0.5, 0.6) is 0 Å². The van der Waals surface area contributed by atoms with Gasteiger partial charge in [0.1, 0.15) is 24.2 Å². The van der Waals surface area contributed by atoms with Gasteiger partial charge in [0, 0.05) is 6.42 Å². The molecule has 5 atom stereocenters. The van der Waals surface area contributed by atoms with Crippen molar-refractivity contribution in [3.05, 3.63) is 35.9 Å². The molecule has 0 aromatic heterocycles. The molecule has 0 bridgehead atoms. The van der Waals surface area contributed by atoms with Crippen molar-refractivity contribution in [1.29, 1.82) is 0 Å². The smallest absolute Gasteiger partial charge is 0.328 e. The highest BCUT2D eigenvalue weighted by Gasteiger charge is 2.33. The number of benzene rings is 1. The largest absolute Gasteiger partial charge is 0.460 e. The Hall–Kier alpha value is -2.90. The van der Waals surface area contributed by atoms with E-state index in [-0.39, 0.29) is 30.6 Å². The second-order valence-corrected chi connectivity index (χ2v) is 10.0. The molecule has 1 saturated heterocycles. The number of hydrogen-bond acceptors (Lipinski definition) is 5. The lowest BCUT2D eigenvalue weighted by atomic mass is 9.95. The molecule has 3 amide bonds. The van der Waals surface area contributed by atoms with Crippen LogP contribution >= 0.6 is 0 Å². The van der Waals surface area contributed by atoms with Gasteiger partial charge >= 0.3 is 5.97 Å². The number of amides is 3. The number of nitrogens with one attached hydrogen (secondary N) is 3. The highest BCUT2D eigenvalue weighted by atomic mass is 16.5. The van der Waals surface area contributed by atoms with Gasteiger partial charge in [-0.05, 0) is 30.7 Å². The number of carbonyl (C=O) groups is 4. The Balaban J connectivity index is 2.29. The van der Waals surface area contributed by atoms with E-state index in [4.69, 9.17) is 4.74 Å². The monoisotopic (exact) mass is 487 g/mol. The number of esters is 1. The lowest BCUT2D eigenvalue weighted by molar-refractivity contribution is -0.157. The minimum atomic E-state index is -0.888. The maximum absolute atomic E-state index is 13.1. The van der Waals surface area contributed by atoms with E-state index >= 15 is 0 Å². The van der Waals surface area contributed by atoms with Gasteiger partial charge in [-0.1, -0.05) is 77.3 Å². The third-order valence-corrected chi connectivity index (χ3v) is 6.37. The van der Waals surface area contributed by atoms with E-state index in [0.717, 1.165) is 24.8 Å². The van der Waals surface area contributed by atoms with Crippen molar-refractivity contribution >= 4 is 23.7 Å². The number of hydrogen-bond donors (Lipinski definition) is 3. The van der Waals surface area contributed by atoms with E-state index < -0.39 is 42.0 Å². The molecule has 1 heterocycles. The van der Waals surface area contributed by atoms with Crippen LogP contribution < -0.4 is 16.0 Å². The SMILES string of the molecule is CCCC[C@H](C)C[C@H]1NC(=O)[C@@H](C)NC(=O)[C@@H](Cc2ccccc2)NC(=O)C[C@@H](C(C)C)OC1=O. The summed E-state index contributed by atoms with van der Waals surface area (Å²) in [5.74, 6) is -1.77. The van der Waals surface area contributed by atoms with Crippen molar-refractivity contribution in [2.24, 2.45) is 11.8 Å². The molecule has 194 valence electrons. The van der Waals surface area contributed by atoms with Gasteiger partial charge in [0.25, 0.3) is 0 Å². The summed E-state index contributed by atoms with van der Waals surface area (Å²) in [7, 11) is 0. The molecule has 1 aliphatic rings. The van der Waals surface area contributed by atoms with E-state index in [1.807, 2.05) is 51.1 Å². The summed E-state index contributed by atoms with van der Waals surface area (Å²) in [5.41, 5.74) is 0.877. The fraction of sp³-hybridized carbons (Fsp3) is 0.630. The Morgan fingerprint density at radius 1 is 0.943 bits per heavy atom. The van der Waals surface area contributed by atoms with Crippen LogP contribution in [0.3, 0.4) is 0 Å². The fourth-order valence-electron chi connectivity index (χ4n) is 4.10. The summed E-state index contributed by atoms with van der Waals surface area (Å²) in [6.45, 7) is 9.46. The first-order chi connectivity index (χ1) is 16.6. The minimum Gasteiger partial charge on any atom is -0.460 e. The molecular formula is C27H41N3O5. The van der Waals surface area contributed by atoms with Gasteiger partial charge in [0.15, 0.2) is 0 Å². The summed E-state index contributed by atoms with van der Waals surface area (Å²) < 4.78 is 5.76. The van der Waals surface area contributed by atoms with Crippen LogP contribution in [0.15, 0.2) is 30.3 Å². The van der Waals surface area contributed by atoms with Crippen molar-refractivity contribution in [1.82, 2.24) is 16.0 Å². The molecule has 0 unspecified atom stereocenters. The number of cyclic esters (lactones) is 1. The molecule has 0 aliphatic carbocycles. The van der Waals surface area contributed by atoms with E-state index in [9.17, 15) is 19.2 Å². The molecule has 0 saturated carbocycles. The van der Waals surface area contributed by atoms with Crippen molar-refractivity contribution in [3.63, 3.8) is 0 Å². The maximum Gasteiger partial charge on any atom is 0.328 e. The zero-order chi connectivity index (χ0) is 26.0. The summed E-state index contributed by atoms with van der Waals surface area (Å²) in [5, 5.41) is 8.26. The molecule has 3 N–H and O–H groups in total. The number of carbonyl (C=O) groups excluding carboxylic acids is 4.